The molecule has 0 aliphatic heterocycles. The van der Waals surface area contributed by atoms with Crippen LogP contribution in [0.4, 0.5) is 10.8 Å². The van der Waals surface area contributed by atoms with Gasteiger partial charge in [0.15, 0.2) is 3.95 Å². The highest BCUT2D eigenvalue weighted by atomic mass is 35.5. The number of benzene rings is 1. The summed E-state index contributed by atoms with van der Waals surface area (Å²) in [4.78, 5) is 0. The van der Waals surface area contributed by atoms with Gasteiger partial charge in [-0.1, -0.05) is 22.9 Å². The van der Waals surface area contributed by atoms with E-state index >= 15 is 0 Å². The van der Waals surface area contributed by atoms with Crippen molar-refractivity contribution < 1.29 is 4.74 Å². The summed E-state index contributed by atoms with van der Waals surface area (Å²) in [5, 5.41) is 11.2. The number of nitrogens with zero attached hydrogens (tertiary/aromatic N) is 1. The molecule has 1 aromatic heterocycles. The van der Waals surface area contributed by atoms with Crippen LogP contribution in [0.2, 0.25) is 5.02 Å². The second kappa shape index (κ2) is 5.03. The van der Waals surface area contributed by atoms with Gasteiger partial charge in [-0.3, -0.25) is 5.10 Å². The third kappa shape index (κ3) is 2.77. The highest BCUT2D eigenvalue weighted by Gasteiger charge is 2.08. The van der Waals surface area contributed by atoms with Gasteiger partial charge in [-0.05, 0) is 30.8 Å². The Morgan fingerprint density at radius 1 is 1.53 bits per heavy atom. The molecule has 2 N–H and O–H groups in total. The predicted octanol–water partition coefficient (Wildman–Crippen LogP) is 3.91. The largest absolute Gasteiger partial charge is 0.495 e. The maximum absolute atomic E-state index is 6.03. The number of hydrogen-bond donors (Lipinski definition) is 2. The maximum Gasteiger partial charge on any atom is 0.208 e. The summed E-state index contributed by atoms with van der Waals surface area (Å²) in [5.74, 6) is 0.668. The van der Waals surface area contributed by atoms with E-state index in [9.17, 15) is 0 Å². The minimum absolute atomic E-state index is 0.622. The first-order chi connectivity index (χ1) is 8.10. The van der Waals surface area contributed by atoms with Gasteiger partial charge in [0.25, 0.3) is 0 Å². The van der Waals surface area contributed by atoms with E-state index in [1.165, 1.54) is 11.3 Å². The van der Waals surface area contributed by atoms with Gasteiger partial charge in [-0.25, -0.2) is 0 Å². The zero-order valence-corrected chi connectivity index (χ0v) is 11.6. The van der Waals surface area contributed by atoms with Crippen molar-refractivity contribution in [1.82, 2.24) is 10.2 Å². The smallest absolute Gasteiger partial charge is 0.208 e. The van der Waals surface area contributed by atoms with Crippen LogP contribution >= 0.6 is 35.2 Å². The number of ether oxygens (including phenoxy) is 1. The van der Waals surface area contributed by atoms with Crippen LogP contribution < -0.4 is 10.1 Å². The molecule has 4 nitrogen and oxygen atoms in total. The fourth-order valence-corrected chi connectivity index (χ4v) is 2.28. The number of hydrogen-bond acceptors (Lipinski definition) is 5. The van der Waals surface area contributed by atoms with Crippen molar-refractivity contribution in [2.75, 3.05) is 12.4 Å². The van der Waals surface area contributed by atoms with Gasteiger partial charge in [0.2, 0.25) is 5.13 Å². The van der Waals surface area contributed by atoms with E-state index in [4.69, 9.17) is 28.6 Å². The van der Waals surface area contributed by atoms with Crippen molar-refractivity contribution in [3.05, 3.63) is 26.7 Å². The van der Waals surface area contributed by atoms with Crippen molar-refractivity contribution in [2.45, 2.75) is 6.92 Å². The van der Waals surface area contributed by atoms with Crippen LogP contribution in [-0.2, 0) is 0 Å². The third-order valence-corrected chi connectivity index (χ3v) is 3.57. The lowest BCUT2D eigenvalue weighted by Crippen LogP contribution is -1.95. The van der Waals surface area contributed by atoms with Crippen molar-refractivity contribution in [1.29, 1.82) is 0 Å². The lowest BCUT2D eigenvalue weighted by Gasteiger charge is -2.10. The monoisotopic (exact) mass is 287 g/mol. The van der Waals surface area contributed by atoms with Gasteiger partial charge in [-0.15, -0.1) is 5.10 Å². The predicted molar refractivity (Wildman–Crippen MR) is 73.3 cm³/mol. The molecule has 1 heterocycles. The number of halogens is 1. The molecular weight excluding hydrogens is 278 g/mol. The molecule has 0 aliphatic carbocycles. The summed E-state index contributed by atoms with van der Waals surface area (Å²) in [5.41, 5.74) is 1.78. The zero-order valence-electron chi connectivity index (χ0n) is 9.20. The van der Waals surface area contributed by atoms with Gasteiger partial charge in [0.05, 0.1) is 12.8 Å². The second-order valence-electron chi connectivity index (χ2n) is 3.34. The first-order valence-corrected chi connectivity index (χ1v) is 6.37. The summed E-state index contributed by atoms with van der Waals surface area (Å²) in [6, 6.07) is 3.68. The topological polar surface area (TPSA) is 49.9 Å². The van der Waals surface area contributed by atoms with Crippen LogP contribution in [0.5, 0.6) is 5.75 Å². The minimum atomic E-state index is 0.622. The fraction of sp³-hybridized carbons (Fsp3) is 0.200. The van der Waals surface area contributed by atoms with Crippen molar-refractivity contribution in [2.24, 2.45) is 0 Å². The molecule has 0 bridgehead atoms. The Morgan fingerprint density at radius 3 is 2.88 bits per heavy atom. The Bertz CT molecular complexity index is 593. The van der Waals surface area contributed by atoms with Crippen LogP contribution in [0.1, 0.15) is 5.56 Å². The Hall–Kier alpha value is -1.11. The molecule has 0 spiro atoms. The normalized spacial score (nSPS) is 10.3. The summed E-state index contributed by atoms with van der Waals surface area (Å²) in [6.45, 7) is 1.93. The fourth-order valence-electron chi connectivity index (χ4n) is 1.33. The molecule has 0 amide bonds. The van der Waals surface area contributed by atoms with Gasteiger partial charge in [-0.2, -0.15) is 0 Å². The Balaban J connectivity index is 2.37. The van der Waals surface area contributed by atoms with Crippen LogP contribution in [0.3, 0.4) is 0 Å². The molecule has 0 unspecified atom stereocenters. The average Bonchev–Trinajstić information content (AvgIpc) is 2.69. The minimum Gasteiger partial charge on any atom is -0.495 e. The number of rotatable bonds is 3. The summed E-state index contributed by atoms with van der Waals surface area (Å²) in [6.07, 6.45) is 0. The Labute approximate surface area is 113 Å². The maximum atomic E-state index is 6.03. The average molecular weight is 288 g/mol. The van der Waals surface area contributed by atoms with Crippen LogP contribution in [0.25, 0.3) is 0 Å². The van der Waals surface area contributed by atoms with Crippen molar-refractivity contribution >= 4 is 46.0 Å². The number of H-pyrrole nitrogens is 1. The number of aryl methyl sites for hydroxylation is 1. The molecule has 0 aliphatic rings. The number of methoxy groups -OCH3 is 1. The lowest BCUT2D eigenvalue weighted by molar-refractivity contribution is 0.417. The van der Waals surface area contributed by atoms with E-state index in [0.717, 1.165) is 11.3 Å². The van der Waals surface area contributed by atoms with E-state index in [-0.39, 0.29) is 0 Å². The highest BCUT2D eigenvalue weighted by Crippen LogP contribution is 2.33. The van der Waals surface area contributed by atoms with Gasteiger partial charge in [0.1, 0.15) is 5.75 Å². The van der Waals surface area contributed by atoms with Crippen molar-refractivity contribution in [3.63, 3.8) is 0 Å². The van der Waals surface area contributed by atoms with Crippen molar-refractivity contribution in [3.8, 4) is 5.75 Å². The molecule has 7 heteroatoms. The standard InChI is InChI=1S/C10H10ClN3OS2/c1-5-3-7(8(15-2)4-6(5)11)12-9-13-14-10(16)17-9/h3-4H,1-2H3,(H,12,13)(H,14,16). The summed E-state index contributed by atoms with van der Waals surface area (Å²) < 4.78 is 5.88. The van der Waals surface area contributed by atoms with Crippen LogP contribution in [0.15, 0.2) is 12.1 Å². The Kier molecular flexibility index (Phi) is 3.66. The van der Waals surface area contributed by atoms with E-state index < -0.39 is 0 Å². The van der Waals surface area contributed by atoms with Gasteiger partial charge < -0.3 is 10.1 Å². The van der Waals surface area contributed by atoms with E-state index in [1.54, 1.807) is 13.2 Å². The molecule has 2 aromatic rings. The first kappa shape index (κ1) is 12.3. The number of aromatic amines is 1. The Morgan fingerprint density at radius 2 is 2.29 bits per heavy atom. The molecule has 0 saturated heterocycles. The molecule has 0 saturated carbocycles. The number of anilines is 2. The molecule has 2 rings (SSSR count). The molecule has 0 atom stereocenters. The molecule has 90 valence electrons. The zero-order chi connectivity index (χ0) is 12.4. The van der Waals surface area contributed by atoms with Crippen LogP contribution in [-0.4, -0.2) is 17.3 Å². The number of nitrogens with one attached hydrogen (secondary N) is 2. The second-order valence-corrected chi connectivity index (χ2v) is 5.42. The molecular formula is C10H10ClN3OS2. The number of aromatic nitrogens is 2. The molecule has 0 radical (unpaired) electrons. The van der Waals surface area contributed by atoms with Gasteiger partial charge in [0, 0.05) is 11.1 Å². The third-order valence-electron chi connectivity index (χ3n) is 2.16. The van der Waals surface area contributed by atoms with E-state index in [1.807, 2.05) is 13.0 Å². The molecule has 0 fully saturated rings. The SMILES string of the molecule is COc1cc(Cl)c(C)cc1Nc1n[nH]c(=S)s1. The van der Waals surface area contributed by atoms with E-state index in [2.05, 4.69) is 15.5 Å². The lowest BCUT2D eigenvalue weighted by atomic mass is 10.2. The molecule has 17 heavy (non-hydrogen) atoms. The summed E-state index contributed by atoms with van der Waals surface area (Å²) in [7, 11) is 1.60. The summed E-state index contributed by atoms with van der Waals surface area (Å²) >= 11 is 12.4. The van der Waals surface area contributed by atoms with Crippen LogP contribution in [0, 0.1) is 10.9 Å². The quantitative estimate of drug-likeness (QED) is 0.840. The van der Waals surface area contributed by atoms with E-state index in [0.29, 0.717) is 19.9 Å². The first-order valence-electron chi connectivity index (χ1n) is 4.77. The highest BCUT2D eigenvalue weighted by molar-refractivity contribution is 7.73. The van der Waals surface area contributed by atoms with Gasteiger partial charge >= 0.3 is 0 Å². The molecule has 1 aromatic carbocycles.